The second-order valence-corrected chi connectivity index (χ2v) is 4.78. The van der Waals surface area contributed by atoms with E-state index >= 15 is 0 Å². The molecule has 1 aliphatic rings. The molecule has 3 N–H and O–H groups in total. The van der Waals surface area contributed by atoms with Crippen molar-refractivity contribution in [2.75, 3.05) is 12.3 Å². The van der Waals surface area contributed by atoms with Crippen molar-refractivity contribution in [2.24, 2.45) is 5.92 Å². The SMILES string of the molecule is Cl.Nc1ccccc1C(=O)NCCC1CCCC1. The van der Waals surface area contributed by atoms with Gasteiger partial charge in [0.2, 0.25) is 0 Å². The van der Waals surface area contributed by atoms with Crippen LogP contribution in [0.25, 0.3) is 0 Å². The minimum Gasteiger partial charge on any atom is -0.398 e. The number of nitrogens with two attached hydrogens (primary N) is 1. The molecule has 0 atom stereocenters. The number of nitrogen functional groups attached to an aromatic ring is 1. The Balaban J connectivity index is 0.00000162. The van der Waals surface area contributed by atoms with Gasteiger partial charge in [-0.3, -0.25) is 4.79 Å². The van der Waals surface area contributed by atoms with Gasteiger partial charge in [0.05, 0.1) is 5.56 Å². The summed E-state index contributed by atoms with van der Waals surface area (Å²) in [5.74, 6) is 0.754. The van der Waals surface area contributed by atoms with Gasteiger partial charge >= 0.3 is 0 Å². The lowest BCUT2D eigenvalue weighted by atomic mass is 10.0. The quantitative estimate of drug-likeness (QED) is 0.825. The maximum absolute atomic E-state index is 11.8. The molecule has 3 nitrogen and oxygen atoms in total. The van der Waals surface area contributed by atoms with E-state index < -0.39 is 0 Å². The van der Waals surface area contributed by atoms with Crippen molar-refractivity contribution in [3.05, 3.63) is 29.8 Å². The number of amides is 1. The number of anilines is 1. The molecule has 0 bridgehead atoms. The fraction of sp³-hybridized carbons (Fsp3) is 0.500. The molecule has 1 aliphatic carbocycles. The molecule has 1 aromatic rings. The fourth-order valence-electron chi connectivity index (χ4n) is 2.49. The standard InChI is InChI=1S/C14H20N2O.ClH/c15-13-8-4-3-7-12(13)14(17)16-10-9-11-5-1-2-6-11;/h3-4,7-8,11H,1-2,5-6,9-10,15H2,(H,16,17);1H. The highest BCUT2D eigenvalue weighted by Crippen LogP contribution is 2.26. The van der Waals surface area contributed by atoms with E-state index in [-0.39, 0.29) is 18.3 Å². The second-order valence-electron chi connectivity index (χ2n) is 4.78. The van der Waals surface area contributed by atoms with E-state index in [0.29, 0.717) is 11.3 Å². The van der Waals surface area contributed by atoms with Gasteiger partial charge in [-0.25, -0.2) is 0 Å². The van der Waals surface area contributed by atoms with Crippen molar-refractivity contribution in [3.63, 3.8) is 0 Å². The summed E-state index contributed by atoms with van der Waals surface area (Å²) in [5.41, 5.74) is 6.88. The average molecular weight is 269 g/mol. The lowest BCUT2D eigenvalue weighted by Gasteiger charge is -2.10. The summed E-state index contributed by atoms with van der Waals surface area (Å²) < 4.78 is 0. The third-order valence-corrected chi connectivity index (χ3v) is 3.52. The fourth-order valence-corrected chi connectivity index (χ4v) is 2.49. The van der Waals surface area contributed by atoms with Crippen molar-refractivity contribution >= 4 is 24.0 Å². The Bertz CT molecular complexity index is 389. The normalized spacial score (nSPS) is 15.1. The minimum absolute atomic E-state index is 0. The van der Waals surface area contributed by atoms with Crippen LogP contribution in [-0.2, 0) is 0 Å². The van der Waals surface area contributed by atoms with Gasteiger partial charge < -0.3 is 11.1 Å². The Labute approximate surface area is 115 Å². The second kappa shape index (κ2) is 7.27. The molecule has 0 radical (unpaired) electrons. The largest absolute Gasteiger partial charge is 0.398 e. The summed E-state index contributed by atoms with van der Waals surface area (Å²) in [5, 5.41) is 2.95. The van der Waals surface area contributed by atoms with Gasteiger partial charge in [-0.15, -0.1) is 12.4 Å². The summed E-state index contributed by atoms with van der Waals surface area (Å²) in [6.07, 6.45) is 6.44. The Morgan fingerprint density at radius 1 is 1.28 bits per heavy atom. The predicted molar refractivity (Wildman–Crippen MR) is 77.0 cm³/mol. The van der Waals surface area contributed by atoms with Gasteiger partial charge in [0.15, 0.2) is 0 Å². The Kier molecular flexibility index (Phi) is 5.99. The number of halogens is 1. The Morgan fingerprint density at radius 3 is 2.61 bits per heavy atom. The number of hydrogen-bond acceptors (Lipinski definition) is 2. The molecular weight excluding hydrogens is 248 g/mol. The summed E-state index contributed by atoms with van der Waals surface area (Å²) >= 11 is 0. The van der Waals surface area contributed by atoms with Crippen molar-refractivity contribution in [2.45, 2.75) is 32.1 Å². The molecule has 1 saturated carbocycles. The van der Waals surface area contributed by atoms with Gasteiger partial charge in [-0.1, -0.05) is 37.8 Å². The zero-order valence-corrected chi connectivity index (χ0v) is 11.3. The van der Waals surface area contributed by atoms with Crippen molar-refractivity contribution in [1.29, 1.82) is 0 Å². The van der Waals surface area contributed by atoms with E-state index in [1.807, 2.05) is 12.1 Å². The summed E-state index contributed by atoms with van der Waals surface area (Å²) in [6.45, 7) is 0.762. The van der Waals surface area contributed by atoms with E-state index in [1.54, 1.807) is 12.1 Å². The summed E-state index contributed by atoms with van der Waals surface area (Å²) in [6, 6.07) is 7.19. The first-order valence-corrected chi connectivity index (χ1v) is 6.40. The first-order valence-electron chi connectivity index (χ1n) is 6.40. The zero-order chi connectivity index (χ0) is 12.1. The first-order chi connectivity index (χ1) is 8.27. The molecule has 0 aliphatic heterocycles. The molecule has 0 aromatic heterocycles. The van der Waals surface area contributed by atoms with Gasteiger partial charge in [0.1, 0.15) is 0 Å². The van der Waals surface area contributed by atoms with E-state index in [0.717, 1.165) is 18.9 Å². The highest BCUT2D eigenvalue weighted by molar-refractivity contribution is 5.98. The van der Waals surface area contributed by atoms with Crippen LogP contribution in [0, 0.1) is 5.92 Å². The van der Waals surface area contributed by atoms with Crippen LogP contribution in [-0.4, -0.2) is 12.5 Å². The molecule has 0 spiro atoms. The number of para-hydroxylation sites is 1. The van der Waals surface area contributed by atoms with Crippen LogP contribution in [0.4, 0.5) is 5.69 Å². The molecule has 0 unspecified atom stereocenters. The van der Waals surface area contributed by atoms with Crippen LogP contribution >= 0.6 is 12.4 Å². The molecule has 1 aromatic carbocycles. The monoisotopic (exact) mass is 268 g/mol. The first kappa shape index (κ1) is 14.8. The molecule has 18 heavy (non-hydrogen) atoms. The summed E-state index contributed by atoms with van der Waals surface area (Å²) in [7, 11) is 0. The molecule has 1 fully saturated rings. The van der Waals surface area contributed by atoms with Crippen LogP contribution in [0.5, 0.6) is 0 Å². The van der Waals surface area contributed by atoms with Crippen molar-refractivity contribution in [1.82, 2.24) is 5.32 Å². The lowest BCUT2D eigenvalue weighted by molar-refractivity contribution is 0.0952. The maximum Gasteiger partial charge on any atom is 0.253 e. The highest BCUT2D eigenvalue weighted by atomic mass is 35.5. The molecular formula is C14H21ClN2O. The maximum atomic E-state index is 11.8. The minimum atomic E-state index is -0.0545. The number of hydrogen-bond donors (Lipinski definition) is 2. The van der Waals surface area contributed by atoms with E-state index in [1.165, 1.54) is 25.7 Å². The smallest absolute Gasteiger partial charge is 0.253 e. The average Bonchev–Trinajstić information content (AvgIpc) is 2.82. The molecule has 0 saturated heterocycles. The van der Waals surface area contributed by atoms with Gasteiger partial charge in [-0.05, 0) is 24.5 Å². The van der Waals surface area contributed by atoms with E-state index in [2.05, 4.69) is 5.32 Å². The highest BCUT2D eigenvalue weighted by Gasteiger charge is 2.15. The van der Waals surface area contributed by atoms with E-state index in [4.69, 9.17) is 5.73 Å². The van der Waals surface area contributed by atoms with E-state index in [9.17, 15) is 4.79 Å². The lowest BCUT2D eigenvalue weighted by Crippen LogP contribution is -2.26. The third kappa shape index (κ3) is 3.91. The summed E-state index contributed by atoms with van der Waals surface area (Å²) in [4.78, 5) is 11.8. The van der Waals surface area contributed by atoms with Crippen LogP contribution in [0.3, 0.4) is 0 Å². The van der Waals surface area contributed by atoms with Crippen molar-refractivity contribution in [3.8, 4) is 0 Å². The molecule has 1 amide bonds. The van der Waals surface area contributed by atoms with Crippen LogP contribution in [0.1, 0.15) is 42.5 Å². The topological polar surface area (TPSA) is 55.1 Å². The number of rotatable bonds is 4. The van der Waals surface area contributed by atoms with Crippen LogP contribution in [0.2, 0.25) is 0 Å². The Morgan fingerprint density at radius 2 is 1.94 bits per heavy atom. The third-order valence-electron chi connectivity index (χ3n) is 3.52. The number of carbonyl (C=O) groups excluding carboxylic acids is 1. The Hall–Kier alpha value is -1.22. The van der Waals surface area contributed by atoms with Gasteiger partial charge in [0.25, 0.3) is 5.91 Å². The van der Waals surface area contributed by atoms with Gasteiger partial charge in [0, 0.05) is 12.2 Å². The molecule has 100 valence electrons. The van der Waals surface area contributed by atoms with Crippen LogP contribution in [0.15, 0.2) is 24.3 Å². The van der Waals surface area contributed by atoms with Gasteiger partial charge in [-0.2, -0.15) is 0 Å². The molecule has 4 heteroatoms. The number of benzene rings is 1. The van der Waals surface area contributed by atoms with Crippen LogP contribution < -0.4 is 11.1 Å². The zero-order valence-electron chi connectivity index (χ0n) is 10.5. The predicted octanol–water partition coefficient (Wildman–Crippen LogP) is 3.00. The number of carbonyl (C=O) groups is 1. The molecule has 2 rings (SSSR count). The van der Waals surface area contributed by atoms with Crippen molar-refractivity contribution < 1.29 is 4.79 Å². The molecule has 0 heterocycles. The number of nitrogens with one attached hydrogen (secondary N) is 1.